The zero-order valence-electron chi connectivity index (χ0n) is 15.7. The van der Waals surface area contributed by atoms with Crippen molar-refractivity contribution < 1.29 is 4.42 Å². The quantitative estimate of drug-likeness (QED) is 0.465. The number of nitrogens with one attached hydrogen (secondary N) is 1. The first-order valence-corrected chi connectivity index (χ1v) is 9.37. The van der Waals surface area contributed by atoms with Crippen LogP contribution < -0.4 is 10.2 Å². The summed E-state index contributed by atoms with van der Waals surface area (Å²) in [7, 11) is 0. The molecular weight excluding hydrogens is 348 g/mol. The van der Waals surface area contributed by atoms with E-state index in [0.717, 1.165) is 35.1 Å². The summed E-state index contributed by atoms with van der Waals surface area (Å²) in [6.45, 7) is 3.43. The van der Waals surface area contributed by atoms with E-state index in [4.69, 9.17) is 14.4 Å². The van der Waals surface area contributed by atoms with E-state index in [-0.39, 0.29) is 0 Å². The van der Waals surface area contributed by atoms with Crippen LogP contribution in [0.15, 0.2) is 89.5 Å². The van der Waals surface area contributed by atoms with Crippen LogP contribution in [0.3, 0.4) is 0 Å². The van der Waals surface area contributed by atoms with E-state index in [0.29, 0.717) is 12.5 Å². The fraction of sp³-hybridized carbons (Fsp3) is 0.130. The summed E-state index contributed by atoms with van der Waals surface area (Å²) in [5.41, 5.74) is 2.99. The van der Waals surface area contributed by atoms with Crippen LogP contribution >= 0.6 is 0 Å². The van der Waals surface area contributed by atoms with E-state index in [2.05, 4.69) is 41.4 Å². The normalized spacial score (nSPS) is 10.6. The maximum Gasteiger partial charge on any atom is 0.232 e. The molecule has 2 aromatic heterocycles. The topological polar surface area (TPSA) is 54.2 Å². The van der Waals surface area contributed by atoms with Crippen LogP contribution in [0.5, 0.6) is 0 Å². The first-order valence-electron chi connectivity index (χ1n) is 9.37. The number of nitrogens with zero attached hydrogens (tertiary/aromatic N) is 3. The predicted molar refractivity (Wildman–Crippen MR) is 113 cm³/mol. The third-order valence-electron chi connectivity index (χ3n) is 4.43. The molecule has 0 saturated carbocycles. The fourth-order valence-corrected chi connectivity index (χ4v) is 3.04. The van der Waals surface area contributed by atoms with Gasteiger partial charge in [-0.1, -0.05) is 48.5 Å². The summed E-state index contributed by atoms with van der Waals surface area (Å²) in [5, 5.41) is 3.36. The Kier molecular flexibility index (Phi) is 5.33. The first-order chi connectivity index (χ1) is 13.8. The van der Waals surface area contributed by atoms with Crippen LogP contribution in [0.4, 0.5) is 17.5 Å². The smallest absolute Gasteiger partial charge is 0.232 e. The minimum absolute atomic E-state index is 0.565. The Morgan fingerprint density at radius 2 is 1.64 bits per heavy atom. The van der Waals surface area contributed by atoms with E-state index in [9.17, 15) is 0 Å². The average molecular weight is 370 g/mol. The molecule has 5 nitrogen and oxygen atoms in total. The summed E-state index contributed by atoms with van der Waals surface area (Å²) < 4.78 is 5.42. The highest BCUT2D eigenvalue weighted by atomic mass is 16.3. The fourth-order valence-electron chi connectivity index (χ4n) is 3.04. The molecule has 0 spiro atoms. The Bertz CT molecular complexity index is 1000. The maximum absolute atomic E-state index is 5.42. The minimum atomic E-state index is 0.565. The Labute approximate surface area is 164 Å². The lowest BCUT2D eigenvalue weighted by molar-refractivity contribution is 0.518. The lowest BCUT2D eigenvalue weighted by Gasteiger charge is -2.22. The number of furan rings is 1. The third-order valence-corrected chi connectivity index (χ3v) is 4.43. The summed E-state index contributed by atoms with van der Waals surface area (Å²) in [6, 6.07) is 26.1. The molecule has 28 heavy (non-hydrogen) atoms. The van der Waals surface area contributed by atoms with E-state index in [1.807, 2.05) is 54.6 Å². The number of benzene rings is 2. The van der Waals surface area contributed by atoms with Crippen molar-refractivity contribution in [2.24, 2.45) is 0 Å². The highest BCUT2D eigenvalue weighted by Crippen LogP contribution is 2.27. The van der Waals surface area contributed by atoms with Gasteiger partial charge < -0.3 is 14.6 Å². The van der Waals surface area contributed by atoms with Crippen LogP contribution in [0, 0.1) is 0 Å². The third kappa shape index (κ3) is 4.04. The summed E-state index contributed by atoms with van der Waals surface area (Å²) in [6.07, 6.45) is 1.67. The highest BCUT2D eigenvalue weighted by molar-refractivity contribution is 5.67. The molecule has 0 radical (unpaired) electrons. The van der Waals surface area contributed by atoms with E-state index in [1.165, 1.54) is 0 Å². The van der Waals surface area contributed by atoms with Gasteiger partial charge in [-0.25, -0.2) is 4.98 Å². The van der Waals surface area contributed by atoms with Gasteiger partial charge in [-0.15, -0.1) is 0 Å². The molecule has 0 atom stereocenters. The van der Waals surface area contributed by atoms with Gasteiger partial charge in [-0.05, 0) is 31.2 Å². The molecule has 0 aliphatic heterocycles. The van der Waals surface area contributed by atoms with Crippen LogP contribution in [0.2, 0.25) is 0 Å². The SMILES string of the molecule is CCN(c1ccccc1)c1nc(NCc2ccco2)cc(-c2ccccc2)n1. The number of aromatic nitrogens is 2. The van der Waals surface area contributed by atoms with Crippen molar-refractivity contribution in [2.75, 3.05) is 16.8 Å². The number of hydrogen-bond acceptors (Lipinski definition) is 5. The standard InChI is InChI=1S/C23H22N4O/c1-2-27(19-12-7-4-8-13-19)23-25-21(18-10-5-3-6-11-18)16-22(26-23)24-17-20-14-9-15-28-20/h3-16H,2,17H2,1H3,(H,24,25,26). The molecule has 0 amide bonds. The van der Waals surface area contributed by atoms with Gasteiger partial charge in [-0.2, -0.15) is 4.98 Å². The van der Waals surface area contributed by atoms with Crippen LogP contribution in [0.1, 0.15) is 12.7 Å². The second-order valence-corrected chi connectivity index (χ2v) is 6.32. The van der Waals surface area contributed by atoms with Gasteiger partial charge in [0, 0.05) is 23.9 Å². The van der Waals surface area contributed by atoms with Crippen molar-refractivity contribution in [1.29, 1.82) is 0 Å². The number of rotatable bonds is 7. The molecule has 0 unspecified atom stereocenters. The van der Waals surface area contributed by atoms with Crippen molar-refractivity contribution in [3.05, 3.63) is 90.9 Å². The molecule has 0 aliphatic rings. The van der Waals surface area contributed by atoms with Gasteiger partial charge in [0.2, 0.25) is 5.95 Å². The zero-order valence-corrected chi connectivity index (χ0v) is 15.7. The van der Waals surface area contributed by atoms with Crippen molar-refractivity contribution in [3.8, 4) is 11.3 Å². The van der Waals surface area contributed by atoms with Crippen LogP contribution in [-0.4, -0.2) is 16.5 Å². The molecule has 1 N–H and O–H groups in total. The van der Waals surface area contributed by atoms with Crippen molar-refractivity contribution in [1.82, 2.24) is 9.97 Å². The molecule has 140 valence electrons. The maximum atomic E-state index is 5.42. The summed E-state index contributed by atoms with van der Waals surface area (Å²) in [5.74, 6) is 2.28. The van der Waals surface area contributed by atoms with Gasteiger partial charge in [0.05, 0.1) is 18.5 Å². The molecule has 0 aliphatic carbocycles. The minimum Gasteiger partial charge on any atom is -0.467 e. The average Bonchev–Trinajstić information content (AvgIpc) is 3.28. The van der Waals surface area contributed by atoms with Crippen LogP contribution in [-0.2, 0) is 6.54 Å². The van der Waals surface area contributed by atoms with Crippen molar-refractivity contribution >= 4 is 17.5 Å². The van der Waals surface area contributed by atoms with Crippen molar-refractivity contribution in [3.63, 3.8) is 0 Å². The second kappa shape index (κ2) is 8.39. The lowest BCUT2D eigenvalue weighted by Crippen LogP contribution is -2.19. The van der Waals surface area contributed by atoms with Gasteiger partial charge in [0.25, 0.3) is 0 Å². The predicted octanol–water partition coefficient (Wildman–Crippen LogP) is 5.51. The molecule has 0 fully saturated rings. The Hall–Kier alpha value is -3.60. The molecule has 5 heteroatoms. The molecule has 2 aromatic carbocycles. The molecule has 2 heterocycles. The summed E-state index contributed by atoms with van der Waals surface area (Å²) in [4.78, 5) is 11.7. The van der Waals surface area contributed by atoms with Gasteiger partial charge in [0.1, 0.15) is 11.6 Å². The molecule has 4 rings (SSSR count). The Balaban J connectivity index is 1.72. The molecular formula is C23H22N4O. The monoisotopic (exact) mass is 370 g/mol. The summed E-state index contributed by atoms with van der Waals surface area (Å²) >= 11 is 0. The zero-order chi connectivity index (χ0) is 19.2. The van der Waals surface area contributed by atoms with Gasteiger partial charge in [-0.3, -0.25) is 0 Å². The Morgan fingerprint density at radius 1 is 0.893 bits per heavy atom. The largest absolute Gasteiger partial charge is 0.467 e. The van der Waals surface area contributed by atoms with E-state index >= 15 is 0 Å². The lowest BCUT2D eigenvalue weighted by atomic mass is 10.1. The molecule has 0 saturated heterocycles. The van der Waals surface area contributed by atoms with E-state index in [1.54, 1.807) is 6.26 Å². The van der Waals surface area contributed by atoms with E-state index < -0.39 is 0 Å². The first kappa shape index (κ1) is 17.8. The Morgan fingerprint density at radius 3 is 2.32 bits per heavy atom. The molecule has 4 aromatic rings. The number of hydrogen-bond donors (Lipinski definition) is 1. The number of para-hydroxylation sites is 1. The van der Waals surface area contributed by atoms with Crippen LogP contribution in [0.25, 0.3) is 11.3 Å². The second-order valence-electron chi connectivity index (χ2n) is 6.32. The van der Waals surface area contributed by atoms with Gasteiger partial charge in [0.15, 0.2) is 0 Å². The van der Waals surface area contributed by atoms with Gasteiger partial charge >= 0.3 is 0 Å². The highest BCUT2D eigenvalue weighted by Gasteiger charge is 2.14. The molecule has 0 bridgehead atoms. The number of anilines is 3. The van der Waals surface area contributed by atoms with Crippen molar-refractivity contribution in [2.45, 2.75) is 13.5 Å².